The second kappa shape index (κ2) is 3.93. The molecule has 0 spiro atoms. The van der Waals surface area contributed by atoms with E-state index in [-0.39, 0.29) is 5.54 Å². The van der Waals surface area contributed by atoms with E-state index in [0.717, 1.165) is 0 Å². The molecular formula is C7H14ClNO2. The van der Waals surface area contributed by atoms with Gasteiger partial charge >= 0.3 is 5.97 Å². The molecule has 0 amide bonds. The molecular weight excluding hydrogens is 166 g/mol. The van der Waals surface area contributed by atoms with Gasteiger partial charge in [0.1, 0.15) is 6.04 Å². The van der Waals surface area contributed by atoms with Crippen molar-refractivity contribution in [3.63, 3.8) is 0 Å². The molecule has 0 aliphatic carbocycles. The van der Waals surface area contributed by atoms with Crippen LogP contribution in [-0.4, -0.2) is 28.5 Å². The average Bonchev–Trinajstić information content (AvgIpc) is 1.87. The van der Waals surface area contributed by atoms with Crippen molar-refractivity contribution in [2.75, 3.05) is 5.88 Å². The fourth-order valence-corrected chi connectivity index (χ4v) is 0.764. The summed E-state index contributed by atoms with van der Waals surface area (Å²) in [4.78, 5) is 10.4. The van der Waals surface area contributed by atoms with Gasteiger partial charge in [-0.3, -0.25) is 10.1 Å². The van der Waals surface area contributed by atoms with Gasteiger partial charge in [-0.15, -0.1) is 11.6 Å². The number of hydrogen-bond donors (Lipinski definition) is 2. The highest BCUT2D eigenvalue weighted by molar-refractivity contribution is 6.18. The smallest absolute Gasteiger partial charge is 0.320 e. The molecule has 0 aromatic heterocycles. The van der Waals surface area contributed by atoms with Crippen LogP contribution in [0.15, 0.2) is 0 Å². The second-order valence-corrected chi connectivity index (χ2v) is 3.49. The van der Waals surface area contributed by atoms with Gasteiger partial charge in [-0.25, -0.2) is 0 Å². The van der Waals surface area contributed by atoms with Crippen LogP contribution in [-0.2, 0) is 4.79 Å². The quantitative estimate of drug-likeness (QED) is 0.635. The lowest BCUT2D eigenvalue weighted by Crippen LogP contribution is -2.49. The zero-order valence-electron chi connectivity index (χ0n) is 7.02. The number of carbonyl (C=O) groups is 1. The molecule has 2 N–H and O–H groups in total. The maximum absolute atomic E-state index is 10.4. The highest BCUT2D eigenvalue weighted by Gasteiger charge is 2.21. The van der Waals surface area contributed by atoms with Crippen molar-refractivity contribution in [1.29, 1.82) is 0 Å². The Morgan fingerprint density at radius 3 is 2.45 bits per heavy atom. The molecule has 0 heterocycles. The van der Waals surface area contributed by atoms with Crippen molar-refractivity contribution < 1.29 is 9.90 Å². The first-order chi connectivity index (χ1) is 4.89. The molecule has 11 heavy (non-hydrogen) atoms. The van der Waals surface area contributed by atoms with Crippen LogP contribution in [0.1, 0.15) is 20.8 Å². The van der Waals surface area contributed by atoms with Crippen molar-refractivity contribution in [2.45, 2.75) is 32.4 Å². The third kappa shape index (κ3) is 4.22. The molecule has 4 heteroatoms. The first-order valence-corrected chi connectivity index (χ1v) is 3.99. The van der Waals surface area contributed by atoms with Gasteiger partial charge in [-0.05, 0) is 20.8 Å². The summed E-state index contributed by atoms with van der Waals surface area (Å²) < 4.78 is 0. The zero-order chi connectivity index (χ0) is 9.07. The fraction of sp³-hybridized carbons (Fsp3) is 0.857. The van der Waals surface area contributed by atoms with Crippen LogP contribution in [0, 0.1) is 0 Å². The van der Waals surface area contributed by atoms with Crippen LogP contribution >= 0.6 is 11.6 Å². The normalized spacial score (nSPS) is 14.5. The van der Waals surface area contributed by atoms with Crippen molar-refractivity contribution in [3.8, 4) is 0 Å². The minimum Gasteiger partial charge on any atom is -0.480 e. The number of nitrogens with one attached hydrogen (secondary N) is 1. The summed E-state index contributed by atoms with van der Waals surface area (Å²) in [7, 11) is 0. The van der Waals surface area contributed by atoms with Crippen molar-refractivity contribution in [3.05, 3.63) is 0 Å². The van der Waals surface area contributed by atoms with Crippen molar-refractivity contribution >= 4 is 17.6 Å². The standard InChI is InChI=1S/C7H14ClNO2/c1-5(6(10)11)9-7(2,3)4-8/h5,9H,4H2,1-3H3,(H,10,11). The van der Waals surface area contributed by atoms with Gasteiger partial charge < -0.3 is 5.11 Å². The first kappa shape index (κ1) is 10.7. The van der Waals surface area contributed by atoms with Gasteiger partial charge in [-0.2, -0.15) is 0 Å². The minimum absolute atomic E-state index is 0.320. The summed E-state index contributed by atoms with van der Waals surface area (Å²) in [6, 6.07) is -0.552. The molecule has 0 saturated heterocycles. The largest absolute Gasteiger partial charge is 0.480 e. The molecule has 0 bridgehead atoms. The summed E-state index contributed by atoms with van der Waals surface area (Å²) >= 11 is 5.59. The number of carboxylic acid groups (broad SMARTS) is 1. The molecule has 0 aromatic carbocycles. The van der Waals surface area contributed by atoms with Gasteiger partial charge in [-0.1, -0.05) is 0 Å². The number of hydrogen-bond acceptors (Lipinski definition) is 2. The van der Waals surface area contributed by atoms with Gasteiger partial charge in [0, 0.05) is 11.4 Å². The Morgan fingerprint density at radius 2 is 2.18 bits per heavy atom. The molecule has 0 radical (unpaired) electrons. The fourth-order valence-electron chi connectivity index (χ4n) is 0.686. The highest BCUT2D eigenvalue weighted by Crippen LogP contribution is 2.05. The molecule has 3 nitrogen and oxygen atoms in total. The lowest BCUT2D eigenvalue weighted by molar-refractivity contribution is -0.139. The van der Waals surface area contributed by atoms with Gasteiger partial charge in [0.25, 0.3) is 0 Å². The van der Waals surface area contributed by atoms with Gasteiger partial charge in [0.2, 0.25) is 0 Å². The van der Waals surface area contributed by atoms with Crippen LogP contribution in [0.2, 0.25) is 0 Å². The SMILES string of the molecule is CC(NC(C)(C)CCl)C(=O)O. The van der Waals surface area contributed by atoms with E-state index in [4.69, 9.17) is 16.7 Å². The molecule has 0 aliphatic heterocycles. The molecule has 1 unspecified atom stereocenters. The highest BCUT2D eigenvalue weighted by atomic mass is 35.5. The molecule has 1 atom stereocenters. The predicted molar refractivity (Wildman–Crippen MR) is 45.0 cm³/mol. The third-order valence-corrected chi connectivity index (χ3v) is 1.98. The van der Waals surface area contributed by atoms with Crippen LogP contribution in [0.5, 0.6) is 0 Å². The Morgan fingerprint density at radius 1 is 1.73 bits per heavy atom. The molecule has 0 aromatic rings. The van der Waals surface area contributed by atoms with E-state index in [9.17, 15) is 4.79 Å². The lowest BCUT2D eigenvalue weighted by Gasteiger charge is -2.25. The van der Waals surface area contributed by atoms with Crippen LogP contribution in [0.4, 0.5) is 0 Å². The minimum atomic E-state index is -0.858. The van der Waals surface area contributed by atoms with E-state index < -0.39 is 12.0 Å². The van der Waals surface area contributed by atoms with E-state index in [1.165, 1.54) is 0 Å². The Balaban J connectivity index is 3.93. The average molecular weight is 180 g/mol. The topological polar surface area (TPSA) is 49.3 Å². The first-order valence-electron chi connectivity index (χ1n) is 3.45. The summed E-state index contributed by atoms with van der Waals surface area (Å²) in [6.07, 6.45) is 0. The predicted octanol–water partition coefficient (Wildman–Crippen LogP) is 1.07. The molecule has 66 valence electrons. The Labute approximate surface area is 71.7 Å². The Kier molecular flexibility index (Phi) is 3.83. The number of halogens is 1. The maximum Gasteiger partial charge on any atom is 0.320 e. The summed E-state index contributed by atoms with van der Waals surface area (Å²) in [5, 5.41) is 11.4. The Bertz CT molecular complexity index is 147. The van der Waals surface area contributed by atoms with Crippen LogP contribution in [0.3, 0.4) is 0 Å². The second-order valence-electron chi connectivity index (χ2n) is 3.22. The number of alkyl halides is 1. The monoisotopic (exact) mass is 179 g/mol. The number of rotatable bonds is 4. The van der Waals surface area contributed by atoms with Crippen molar-refractivity contribution in [1.82, 2.24) is 5.32 Å². The van der Waals surface area contributed by atoms with E-state index in [2.05, 4.69) is 5.32 Å². The molecule has 0 rings (SSSR count). The number of carboxylic acids is 1. The molecule has 0 saturated carbocycles. The Hall–Kier alpha value is -0.280. The van der Waals surface area contributed by atoms with Gasteiger partial charge in [0.05, 0.1) is 0 Å². The third-order valence-electron chi connectivity index (χ3n) is 1.31. The van der Waals surface area contributed by atoms with Crippen LogP contribution in [0.25, 0.3) is 0 Å². The van der Waals surface area contributed by atoms with E-state index >= 15 is 0 Å². The molecule has 0 fully saturated rings. The molecule has 0 aliphatic rings. The van der Waals surface area contributed by atoms with Crippen LogP contribution < -0.4 is 5.32 Å². The van der Waals surface area contributed by atoms with Crippen molar-refractivity contribution in [2.24, 2.45) is 0 Å². The van der Waals surface area contributed by atoms with E-state index in [1.54, 1.807) is 6.92 Å². The number of aliphatic carboxylic acids is 1. The zero-order valence-corrected chi connectivity index (χ0v) is 7.77. The summed E-state index contributed by atoms with van der Waals surface area (Å²) in [5.41, 5.74) is -0.320. The van der Waals surface area contributed by atoms with Gasteiger partial charge in [0.15, 0.2) is 0 Å². The lowest BCUT2D eigenvalue weighted by atomic mass is 10.1. The van der Waals surface area contributed by atoms with E-state index in [0.29, 0.717) is 5.88 Å². The summed E-state index contributed by atoms with van der Waals surface area (Å²) in [5.74, 6) is -0.465. The maximum atomic E-state index is 10.4. The summed E-state index contributed by atoms with van der Waals surface area (Å²) in [6.45, 7) is 5.31. The van der Waals surface area contributed by atoms with E-state index in [1.807, 2.05) is 13.8 Å².